The molecule has 1 saturated heterocycles. The zero-order valence-corrected chi connectivity index (χ0v) is 13.2. The van der Waals surface area contributed by atoms with E-state index in [9.17, 15) is 0 Å². The molecule has 1 aliphatic heterocycles. The summed E-state index contributed by atoms with van der Waals surface area (Å²) in [5, 5.41) is 19.4. The maximum Gasteiger partial charge on any atom is 0.414 e. The summed E-state index contributed by atoms with van der Waals surface area (Å²) >= 11 is 11.8. The van der Waals surface area contributed by atoms with Gasteiger partial charge >= 0.3 is 11.9 Å². The van der Waals surface area contributed by atoms with Gasteiger partial charge in [-0.3, -0.25) is 0 Å². The van der Waals surface area contributed by atoms with Crippen LogP contribution in [0.4, 0.5) is 0 Å². The summed E-state index contributed by atoms with van der Waals surface area (Å²) in [4.78, 5) is 18.2. The van der Waals surface area contributed by atoms with E-state index in [0.717, 1.165) is 31.7 Å². The lowest BCUT2D eigenvalue weighted by Gasteiger charge is -2.10. The second-order valence-electron chi connectivity index (χ2n) is 4.62. The number of halogens is 2. The van der Waals surface area contributed by atoms with Crippen LogP contribution in [0.2, 0.25) is 10.0 Å². The Balaban J connectivity index is 0.000000346. The van der Waals surface area contributed by atoms with Gasteiger partial charge in [0, 0.05) is 19.7 Å². The van der Waals surface area contributed by atoms with Gasteiger partial charge in [-0.05, 0) is 30.5 Å². The Morgan fingerprint density at radius 3 is 2.41 bits per heavy atom. The number of rotatable bonds is 4. The van der Waals surface area contributed by atoms with Crippen molar-refractivity contribution < 1.29 is 24.5 Å². The van der Waals surface area contributed by atoms with E-state index in [1.165, 1.54) is 6.42 Å². The first-order valence-electron chi connectivity index (χ1n) is 6.62. The number of carboxylic acids is 2. The smallest absolute Gasteiger partial charge is 0.414 e. The minimum Gasteiger partial charge on any atom is -0.473 e. The topological polar surface area (TPSA) is 95.9 Å². The van der Waals surface area contributed by atoms with Crippen LogP contribution in [0, 0.1) is 0 Å². The molecule has 2 rings (SSSR count). The molecular formula is C14H17Cl2NO5. The fraction of sp³-hybridized carbons (Fsp3) is 0.429. The van der Waals surface area contributed by atoms with Crippen LogP contribution in [0.1, 0.15) is 18.4 Å². The number of carbonyl (C=O) groups is 2. The van der Waals surface area contributed by atoms with Gasteiger partial charge in [-0.25, -0.2) is 9.59 Å². The molecule has 6 nitrogen and oxygen atoms in total. The van der Waals surface area contributed by atoms with Gasteiger partial charge in [-0.2, -0.15) is 0 Å². The summed E-state index contributed by atoms with van der Waals surface area (Å²) < 4.78 is 5.52. The van der Waals surface area contributed by atoms with Gasteiger partial charge in [-0.1, -0.05) is 29.3 Å². The summed E-state index contributed by atoms with van der Waals surface area (Å²) in [7, 11) is 0. The Morgan fingerprint density at radius 1 is 1.23 bits per heavy atom. The summed E-state index contributed by atoms with van der Waals surface area (Å²) in [5.41, 5.74) is 1.15. The minimum atomic E-state index is -1.82. The molecule has 8 heteroatoms. The van der Waals surface area contributed by atoms with Gasteiger partial charge in [0.25, 0.3) is 0 Å². The fourth-order valence-electron chi connectivity index (χ4n) is 1.83. The van der Waals surface area contributed by atoms with Crippen molar-refractivity contribution >= 4 is 35.1 Å². The van der Waals surface area contributed by atoms with E-state index >= 15 is 0 Å². The second-order valence-corrected chi connectivity index (χ2v) is 5.44. The van der Waals surface area contributed by atoms with Gasteiger partial charge < -0.3 is 20.3 Å². The van der Waals surface area contributed by atoms with Gasteiger partial charge in [0.2, 0.25) is 0 Å². The lowest BCUT2D eigenvalue weighted by molar-refractivity contribution is -0.159. The van der Waals surface area contributed by atoms with Crippen molar-refractivity contribution in [3.8, 4) is 0 Å². The lowest BCUT2D eigenvalue weighted by Crippen LogP contribution is -2.25. The van der Waals surface area contributed by atoms with Gasteiger partial charge in [0.05, 0.1) is 16.1 Å². The second kappa shape index (κ2) is 9.63. The molecule has 0 aromatic heterocycles. The zero-order valence-electron chi connectivity index (χ0n) is 11.7. The SMILES string of the molecule is Clc1ccc(CNCC2CCCO2)cc1Cl.O=C(O)C(=O)O. The molecule has 1 fully saturated rings. The van der Waals surface area contributed by atoms with Crippen molar-refractivity contribution in [2.75, 3.05) is 13.2 Å². The highest BCUT2D eigenvalue weighted by Crippen LogP contribution is 2.22. The van der Waals surface area contributed by atoms with E-state index in [2.05, 4.69) is 5.32 Å². The average molecular weight is 350 g/mol. The predicted octanol–water partition coefficient (Wildman–Crippen LogP) is 2.42. The summed E-state index contributed by atoms with van der Waals surface area (Å²) in [6.07, 6.45) is 2.72. The number of hydrogen-bond donors (Lipinski definition) is 3. The first-order chi connectivity index (χ1) is 10.4. The standard InChI is InChI=1S/C12H15Cl2NO.C2H2O4/c13-11-4-3-9(6-12(11)14)7-15-8-10-2-1-5-16-10;3-1(4)2(5)6/h3-4,6,10,15H,1-2,5,7-8H2;(H,3,4)(H,5,6). The quantitative estimate of drug-likeness (QED) is 0.722. The highest BCUT2D eigenvalue weighted by atomic mass is 35.5. The molecule has 22 heavy (non-hydrogen) atoms. The van der Waals surface area contributed by atoms with Crippen molar-refractivity contribution in [3.05, 3.63) is 33.8 Å². The number of benzene rings is 1. The number of carboxylic acid groups (broad SMARTS) is 2. The first kappa shape index (κ1) is 18.7. The van der Waals surface area contributed by atoms with Crippen LogP contribution >= 0.6 is 23.2 Å². The Bertz CT molecular complexity index is 506. The third-order valence-electron chi connectivity index (χ3n) is 2.89. The Kier molecular flexibility index (Phi) is 8.19. The molecule has 0 aliphatic carbocycles. The molecule has 1 unspecified atom stereocenters. The highest BCUT2D eigenvalue weighted by Gasteiger charge is 2.14. The molecule has 1 heterocycles. The van der Waals surface area contributed by atoms with Crippen molar-refractivity contribution in [2.24, 2.45) is 0 Å². The number of hydrogen-bond acceptors (Lipinski definition) is 4. The van der Waals surface area contributed by atoms with E-state index in [-0.39, 0.29) is 0 Å². The fourth-order valence-corrected chi connectivity index (χ4v) is 2.15. The molecule has 1 atom stereocenters. The van der Waals surface area contributed by atoms with Crippen LogP contribution in [0.25, 0.3) is 0 Å². The van der Waals surface area contributed by atoms with Crippen LogP contribution in [0.3, 0.4) is 0 Å². The maximum absolute atomic E-state index is 9.10. The van der Waals surface area contributed by atoms with Crippen LogP contribution < -0.4 is 5.32 Å². The molecule has 0 spiro atoms. The van der Waals surface area contributed by atoms with Crippen LogP contribution in [0.5, 0.6) is 0 Å². The van der Waals surface area contributed by atoms with Crippen LogP contribution in [0.15, 0.2) is 18.2 Å². The van der Waals surface area contributed by atoms with E-state index in [1.807, 2.05) is 18.2 Å². The number of ether oxygens (including phenoxy) is 1. The molecule has 0 saturated carbocycles. The maximum atomic E-state index is 9.10. The van der Waals surface area contributed by atoms with E-state index in [1.54, 1.807) is 0 Å². The van der Waals surface area contributed by atoms with Crippen molar-refractivity contribution in [1.29, 1.82) is 0 Å². The van der Waals surface area contributed by atoms with E-state index in [0.29, 0.717) is 16.1 Å². The predicted molar refractivity (Wildman–Crippen MR) is 82.4 cm³/mol. The third kappa shape index (κ3) is 7.09. The molecule has 0 amide bonds. The first-order valence-corrected chi connectivity index (χ1v) is 7.38. The summed E-state index contributed by atoms with van der Waals surface area (Å²) in [6, 6.07) is 5.70. The highest BCUT2D eigenvalue weighted by molar-refractivity contribution is 6.42. The molecule has 3 N–H and O–H groups in total. The van der Waals surface area contributed by atoms with Gasteiger partial charge in [-0.15, -0.1) is 0 Å². The molecule has 0 radical (unpaired) electrons. The molecule has 1 aromatic carbocycles. The van der Waals surface area contributed by atoms with E-state index < -0.39 is 11.9 Å². The minimum absolute atomic E-state index is 0.378. The number of aliphatic carboxylic acids is 2. The van der Waals surface area contributed by atoms with Crippen molar-refractivity contribution in [1.82, 2.24) is 5.32 Å². The molecular weight excluding hydrogens is 333 g/mol. The lowest BCUT2D eigenvalue weighted by atomic mass is 10.2. The van der Waals surface area contributed by atoms with E-state index in [4.69, 9.17) is 47.7 Å². The Hall–Kier alpha value is -1.34. The molecule has 122 valence electrons. The zero-order chi connectivity index (χ0) is 16.5. The average Bonchev–Trinajstić information content (AvgIpc) is 2.96. The van der Waals surface area contributed by atoms with Crippen LogP contribution in [-0.4, -0.2) is 41.4 Å². The number of nitrogens with one attached hydrogen (secondary N) is 1. The van der Waals surface area contributed by atoms with Crippen molar-refractivity contribution in [3.63, 3.8) is 0 Å². The Morgan fingerprint density at radius 2 is 1.91 bits per heavy atom. The summed E-state index contributed by atoms with van der Waals surface area (Å²) in [5.74, 6) is -3.65. The molecule has 1 aromatic rings. The summed E-state index contributed by atoms with van der Waals surface area (Å²) in [6.45, 7) is 2.61. The van der Waals surface area contributed by atoms with Gasteiger partial charge in [0.1, 0.15) is 0 Å². The van der Waals surface area contributed by atoms with Gasteiger partial charge in [0.15, 0.2) is 0 Å². The Labute approximate surface area is 138 Å². The largest absolute Gasteiger partial charge is 0.473 e. The normalized spacial score (nSPS) is 16.7. The third-order valence-corrected chi connectivity index (χ3v) is 3.63. The van der Waals surface area contributed by atoms with Crippen molar-refractivity contribution in [2.45, 2.75) is 25.5 Å². The molecule has 0 bridgehead atoms. The molecule has 1 aliphatic rings. The van der Waals surface area contributed by atoms with Crippen LogP contribution in [-0.2, 0) is 20.9 Å². The monoisotopic (exact) mass is 349 g/mol.